The Balaban J connectivity index is 1.80. The van der Waals surface area contributed by atoms with E-state index in [1.165, 1.54) is 0 Å². The van der Waals surface area contributed by atoms with E-state index in [2.05, 4.69) is 10.1 Å². The Morgan fingerprint density at radius 1 is 1.35 bits per heavy atom. The number of carbonyl (C=O) groups is 1. The fourth-order valence-corrected chi connectivity index (χ4v) is 2.21. The molecule has 102 valence electrons. The van der Waals surface area contributed by atoms with E-state index in [0.717, 1.165) is 22.4 Å². The summed E-state index contributed by atoms with van der Waals surface area (Å²) in [5.41, 5.74) is 2.44. The number of H-pyrrole nitrogens is 1. The quantitative estimate of drug-likeness (QED) is 0.795. The van der Waals surface area contributed by atoms with Crippen molar-refractivity contribution in [1.29, 1.82) is 0 Å². The summed E-state index contributed by atoms with van der Waals surface area (Å²) < 4.78 is 5.01. The first kappa shape index (κ1) is 12.5. The van der Waals surface area contributed by atoms with Crippen LogP contribution in [0, 0.1) is 6.92 Å². The predicted octanol–water partition coefficient (Wildman–Crippen LogP) is 2.74. The number of nitrogens with one attached hydrogen (secondary N) is 1. The fourth-order valence-electron chi connectivity index (χ4n) is 2.21. The monoisotopic (exact) mass is 269 g/mol. The van der Waals surface area contributed by atoms with Crippen molar-refractivity contribution in [2.75, 3.05) is 7.05 Å². The Morgan fingerprint density at radius 2 is 2.20 bits per heavy atom. The van der Waals surface area contributed by atoms with Gasteiger partial charge in [0.1, 0.15) is 11.5 Å². The third-order valence-corrected chi connectivity index (χ3v) is 3.22. The van der Waals surface area contributed by atoms with Crippen LogP contribution in [0.3, 0.4) is 0 Å². The molecule has 1 amide bonds. The standard InChI is InChI=1S/C15H15N3O2/c1-10-7-13(17-20-10)9-18(2)15(19)12-3-4-14-11(8-12)5-6-16-14/h3-8,16H,9H2,1-2H3. The van der Waals surface area contributed by atoms with Gasteiger partial charge in [0.2, 0.25) is 0 Å². The van der Waals surface area contributed by atoms with Crippen LogP contribution in [0.4, 0.5) is 0 Å². The van der Waals surface area contributed by atoms with Gasteiger partial charge in [-0.1, -0.05) is 5.16 Å². The lowest BCUT2D eigenvalue weighted by molar-refractivity contribution is 0.0782. The highest BCUT2D eigenvalue weighted by atomic mass is 16.5. The predicted molar refractivity (Wildman–Crippen MR) is 75.3 cm³/mol. The molecule has 20 heavy (non-hydrogen) atoms. The molecule has 0 aliphatic carbocycles. The van der Waals surface area contributed by atoms with Crippen molar-refractivity contribution in [1.82, 2.24) is 15.0 Å². The van der Waals surface area contributed by atoms with Gasteiger partial charge in [-0.05, 0) is 31.2 Å². The number of amides is 1. The molecule has 0 bridgehead atoms. The molecule has 0 radical (unpaired) electrons. The second-order valence-corrected chi connectivity index (χ2v) is 4.87. The molecular formula is C15H15N3O2. The van der Waals surface area contributed by atoms with Gasteiger partial charge in [-0.2, -0.15) is 0 Å². The van der Waals surface area contributed by atoms with E-state index in [-0.39, 0.29) is 5.91 Å². The first-order valence-electron chi connectivity index (χ1n) is 6.38. The molecule has 0 spiro atoms. The van der Waals surface area contributed by atoms with Crippen molar-refractivity contribution < 1.29 is 9.32 Å². The summed E-state index contributed by atoms with van der Waals surface area (Å²) in [6.45, 7) is 2.26. The van der Waals surface area contributed by atoms with Crippen molar-refractivity contribution >= 4 is 16.8 Å². The van der Waals surface area contributed by atoms with Crippen molar-refractivity contribution in [2.24, 2.45) is 0 Å². The summed E-state index contributed by atoms with van der Waals surface area (Å²) in [5.74, 6) is 0.711. The number of carbonyl (C=O) groups excluding carboxylic acids is 1. The summed E-state index contributed by atoms with van der Waals surface area (Å²) in [4.78, 5) is 17.1. The minimum Gasteiger partial charge on any atom is -0.361 e. The van der Waals surface area contributed by atoms with E-state index >= 15 is 0 Å². The molecule has 0 saturated carbocycles. The van der Waals surface area contributed by atoms with Gasteiger partial charge >= 0.3 is 0 Å². The van der Waals surface area contributed by atoms with E-state index < -0.39 is 0 Å². The van der Waals surface area contributed by atoms with Gasteiger partial charge in [-0.25, -0.2) is 0 Å². The lowest BCUT2D eigenvalue weighted by Gasteiger charge is -2.15. The van der Waals surface area contributed by atoms with Crippen LogP contribution in [-0.4, -0.2) is 28.0 Å². The largest absolute Gasteiger partial charge is 0.361 e. The SMILES string of the molecule is Cc1cc(CN(C)C(=O)c2ccc3[nH]ccc3c2)no1. The lowest BCUT2D eigenvalue weighted by Crippen LogP contribution is -2.26. The van der Waals surface area contributed by atoms with Crippen molar-refractivity contribution in [3.8, 4) is 0 Å². The second-order valence-electron chi connectivity index (χ2n) is 4.87. The van der Waals surface area contributed by atoms with Gasteiger partial charge < -0.3 is 14.4 Å². The maximum absolute atomic E-state index is 12.4. The van der Waals surface area contributed by atoms with Crippen LogP contribution < -0.4 is 0 Å². The number of fused-ring (bicyclic) bond motifs is 1. The van der Waals surface area contributed by atoms with Gasteiger partial charge in [0.05, 0.1) is 6.54 Å². The molecule has 2 aromatic heterocycles. The maximum atomic E-state index is 12.4. The van der Waals surface area contributed by atoms with E-state index in [1.54, 1.807) is 11.9 Å². The highest BCUT2D eigenvalue weighted by Crippen LogP contribution is 2.16. The second kappa shape index (κ2) is 4.85. The smallest absolute Gasteiger partial charge is 0.253 e. The van der Waals surface area contributed by atoms with Crippen LogP contribution in [0.1, 0.15) is 21.8 Å². The minimum absolute atomic E-state index is 0.0336. The van der Waals surface area contributed by atoms with Crippen molar-refractivity contribution in [3.05, 3.63) is 53.5 Å². The average Bonchev–Trinajstić information content (AvgIpc) is 3.05. The Kier molecular flexibility index (Phi) is 3.02. The van der Waals surface area contributed by atoms with E-state index in [1.807, 2.05) is 43.5 Å². The van der Waals surface area contributed by atoms with Gasteiger partial charge in [-0.3, -0.25) is 4.79 Å². The van der Waals surface area contributed by atoms with Gasteiger partial charge in [-0.15, -0.1) is 0 Å². The van der Waals surface area contributed by atoms with Crippen molar-refractivity contribution in [3.63, 3.8) is 0 Å². The zero-order valence-corrected chi connectivity index (χ0v) is 11.4. The molecule has 1 N–H and O–H groups in total. The average molecular weight is 269 g/mol. The molecule has 0 saturated heterocycles. The van der Waals surface area contributed by atoms with E-state index in [4.69, 9.17) is 4.52 Å². The van der Waals surface area contributed by atoms with Crippen LogP contribution in [0.25, 0.3) is 10.9 Å². The summed E-state index contributed by atoms with van der Waals surface area (Å²) in [5, 5.41) is 4.93. The topological polar surface area (TPSA) is 62.1 Å². The lowest BCUT2D eigenvalue weighted by atomic mass is 10.1. The van der Waals surface area contributed by atoms with Gasteiger partial charge in [0.15, 0.2) is 0 Å². The molecule has 0 fully saturated rings. The molecule has 5 nitrogen and oxygen atoms in total. The number of rotatable bonds is 3. The number of hydrogen-bond acceptors (Lipinski definition) is 3. The van der Waals surface area contributed by atoms with Gasteiger partial charge in [0.25, 0.3) is 5.91 Å². The van der Waals surface area contributed by atoms with Crippen LogP contribution in [0.5, 0.6) is 0 Å². The summed E-state index contributed by atoms with van der Waals surface area (Å²) >= 11 is 0. The third kappa shape index (κ3) is 2.30. The Morgan fingerprint density at radius 3 is 2.95 bits per heavy atom. The van der Waals surface area contributed by atoms with Crippen LogP contribution in [-0.2, 0) is 6.54 Å². The molecule has 1 aromatic carbocycles. The Labute approximate surface area is 116 Å². The molecule has 2 heterocycles. The van der Waals surface area contributed by atoms with E-state index in [9.17, 15) is 4.79 Å². The first-order chi connectivity index (χ1) is 9.63. The molecule has 0 aliphatic rings. The fraction of sp³-hybridized carbons (Fsp3) is 0.200. The van der Waals surface area contributed by atoms with Crippen LogP contribution >= 0.6 is 0 Å². The van der Waals surface area contributed by atoms with Crippen LogP contribution in [0.2, 0.25) is 0 Å². The summed E-state index contributed by atoms with van der Waals surface area (Å²) in [7, 11) is 1.76. The van der Waals surface area contributed by atoms with Gasteiger partial charge in [0, 0.05) is 35.8 Å². The Bertz CT molecular complexity index is 757. The molecule has 0 aliphatic heterocycles. The highest BCUT2D eigenvalue weighted by Gasteiger charge is 2.14. The number of nitrogens with zero attached hydrogens (tertiary/aromatic N) is 2. The first-order valence-corrected chi connectivity index (χ1v) is 6.38. The molecule has 3 rings (SSSR count). The maximum Gasteiger partial charge on any atom is 0.253 e. The molecule has 5 heteroatoms. The number of aromatic amines is 1. The molecule has 0 atom stereocenters. The molecular weight excluding hydrogens is 254 g/mol. The number of aryl methyl sites for hydroxylation is 1. The zero-order chi connectivity index (χ0) is 14.1. The summed E-state index contributed by atoms with van der Waals surface area (Å²) in [6.07, 6.45) is 1.86. The van der Waals surface area contributed by atoms with Crippen LogP contribution in [0.15, 0.2) is 41.1 Å². The number of benzene rings is 1. The zero-order valence-electron chi connectivity index (χ0n) is 11.4. The Hall–Kier alpha value is -2.56. The molecule has 0 unspecified atom stereocenters. The molecule has 3 aromatic rings. The number of aromatic nitrogens is 2. The third-order valence-electron chi connectivity index (χ3n) is 3.22. The highest BCUT2D eigenvalue weighted by molar-refractivity contribution is 5.97. The normalized spacial score (nSPS) is 10.9. The van der Waals surface area contributed by atoms with Crippen molar-refractivity contribution in [2.45, 2.75) is 13.5 Å². The van der Waals surface area contributed by atoms with E-state index in [0.29, 0.717) is 12.1 Å². The minimum atomic E-state index is -0.0336. The number of hydrogen-bond donors (Lipinski definition) is 1. The summed E-state index contributed by atoms with van der Waals surface area (Å²) in [6, 6.07) is 9.41.